The number of nitrogen functional groups attached to an aromatic ring is 1. The van der Waals surface area contributed by atoms with Crippen molar-refractivity contribution >= 4 is 5.69 Å². The van der Waals surface area contributed by atoms with Crippen molar-refractivity contribution in [1.29, 1.82) is 0 Å². The summed E-state index contributed by atoms with van der Waals surface area (Å²) in [7, 11) is 3.80. The lowest BCUT2D eigenvalue weighted by Gasteiger charge is -2.29. The SMILES string of the molecule is COc1cc(-c2ccn(C3CCN(C)CC3)n2)ccc1N. The molecule has 0 saturated carbocycles. The number of nitrogens with two attached hydrogens (primary N) is 1. The number of ether oxygens (including phenoxy) is 1. The van der Waals surface area contributed by atoms with Gasteiger partial charge in [-0.3, -0.25) is 4.68 Å². The van der Waals surface area contributed by atoms with Gasteiger partial charge in [-0.05, 0) is 51.2 Å². The second-order valence-corrected chi connectivity index (χ2v) is 5.67. The Morgan fingerprint density at radius 1 is 1.24 bits per heavy atom. The first-order valence-electron chi connectivity index (χ1n) is 7.35. The Bertz CT molecular complexity index is 614. The summed E-state index contributed by atoms with van der Waals surface area (Å²) < 4.78 is 7.38. The van der Waals surface area contributed by atoms with Crippen LogP contribution in [0, 0.1) is 0 Å². The number of methoxy groups -OCH3 is 1. The summed E-state index contributed by atoms with van der Waals surface area (Å²) in [5, 5.41) is 4.74. The van der Waals surface area contributed by atoms with Crippen LogP contribution in [-0.2, 0) is 0 Å². The van der Waals surface area contributed by atoms with E-state index in [1.807, 2.05) is 18.2 Å². The molecule has 0 spiro atoms. The van der Waals surface area contributed by atoms with Crippen LogP contribution in [-0.4, -0.2) is 41.9 Å². The Morgan fingerprint density at radius 2 is 2.00 bits per heavy atom. The van der Waals surface area contributed by atoms with Gasteiger partial charge in [0.25, 0.3) is 0 Å². The maximum atomic E-state index is 5.86. The molecule has 1 aromatic heterocycles. The van der Waals surface area contributed by atoms with Gasteiger partial charge in [-0.2, -0.15) is 5.10 Å². The number of anilines is 1. The van der Waals surface area contributed by atoms with Crippen LogP contribution < -0.4 is 10.5 Å². The van der Waals surface area contributed by atoms with Crippen LogP contribution in [0.3, 0.4) is 0 Å². The zero-order valence-electron chi connectivity index (χ0n) is 12.6. The van der Waals surface area contributed by atoms with E-state index in [9.17, 15) is 0 Å². The molecule has 5 nitrogen and oxygen atoms in total. The predicted molar refractivity (Wildman–Crippen MR) is 84.4 cm³/mol. The molecule has 2 aromatic rings. The Hall–Kier alpha value is -2.01. The van der Waals surface area contributed by atoms with Crippen LogP contribution in [0.15, 0.2) is 30.5 Å². The molecule has 0 unspecified atom stereocenters. The van der Waals surface area contributed by atoms with E-state index in [2.05, 4.69) is 28.9 Å². The number of likely N-dealkylation sites (tertiary alicyclic amines) is 1. The molecule has 0 aliphatic carbocycles. The molecule has 21 heavy (non-hydrogen) atoms. The molecular weight excluding hydrogens is 264 g/mol. The molecule has 1 aliphatic rings. The maximum Gasteiger partial charge on any atom is 0.142 e. The van der Waals surface area contributed by atoms with Gasteiger partial charge in [-0.15, -0.1) is 0 Å². The summed E-state index contributed by atoms with van der Waals surface area (Å²) in [6, 6.07) is 8.35. The quantitative estimate of drug-likeness (QED) is 0.880. The third-order valence-corrected chi connectivity index (χ3v) is 4.20. The molecule has 112 valence electrons. The standard InChI is InChI=1S/C16H22N4O/c1-19-8-5-13(6-9-19)20-10-7-15(18-20)12-3-4-14(17)16(11-12)21-2/h3-4,7,10-11,13H,5-6,8-9,17H2,1-2H3. The third kappa shape index (κ3) is 2.88. The molecule has 0 radical (unpaired) electrons. The predicted octanol–water partition coefficient (Wildman–Crippen LogP) is 2.41. The molecule has 0 atom stereocenters. The van der Waals surface area contributed by atoms with E-state index in [1.165, 1.54) is 0 Å². The monoisotopic (exact) mass is 286 g/mol. The summed E-state index contributed by atoms with van der Waals surface area (Å²) in [6.45, 7) is 2.27. The molecule has 1 fully saturated rings. The second kappa shape index (κ2) is 5.77. The Kier molecular flexibility index (Phi) is 3.84. The van der Waals surface area contributed by atoms with Crippen molar-refractivity contribution in [3.05, 3.63) is 30.5 Å². The molecule has 0 bridgehead atoms. The average molecular weight is 286 g/mol. The van der Waals surface area contributed by atoms with E-state index >= 15 is 0 Å². The highest BCUT2D eigenvalue weighted by Gasteiger charge is 2.19. The fourth-order valence-electron chi connectivity index (χ4n) is 2.83. The first kappa shape index (κ1) is 13.9. The smallest absolute Gasteiger partial charge is 0.142 e. The van der Waals surface area contributed by atoms with Gasteiger partial charge in [0.2, 0.25) is 0 Å². The highest BCUT2D eigenvalue weighted by atomic mass is 16.5. The number of hydrogen-bond acceptors (Lipinski definition) is 4. The molecule has 1 aliphatic heterocycles. The molecular formula is C16H22N4O. The van der Waals surface area contributed by atoms with Crippen molar-refractivity contribution in [2.24, 2.45) is 0 Å². The van der Waals surface area contributed by atoms with Crippen LogP contribution in [0.5, 0.6) is 5.75 Å². The van der Waals surface area contributed by atoms with Crippen molar-refractivity contribution in [3.63, 3.8) is 0 Å². The van der Waals surface area contributed by atoms with E-state index in [1.54, 1.807) is 7.11 Å². The van der Waals surface area contributed by atoms with Crippen LogP contribution in [0.1, 0.15) is 18.9 Å². The van der Waals surface area contributed by atoms with Gasteiger partial charge >= 0.3 is 0 Å². The lowest BCUT2D eigenvalue weighted by atomic mass is 10.1. The molecule has 2 N–H and O–H groups in total. The number of benzene rings is 1. The lowest BCUT2D eigenvalue weighted by Crippen LogP contribution is -2.31. The third-order valence-electron chi connectivity index (χ3n) is 4.20. The van der Waals surface area contributed by atoms with Gasteiger partial charge in [0, 0.05) is 11.8 Å². The number of nitrogens with zero attached hydrogens (tertiary/aromatic N) is 3. The van der Waals surface area contributed by atoms with Crippen molar-refractivity contribution < 1.29 is 4.74 Å². The Balaban J connectivity index is 1.81. The normalized spacial score (nSPS) is 17.0. The fourth-order valence-corrected chi connectivity index (χ4v) is 2.83. The second-order valence-electron chi connectivity index (χ2n) is 5.67. The van der Waals surface area contributed by atoms with Gasteiger partial charge in [-0.25, -0.2) is 0 Å². The number of rotatable bonds is 3. The number of hydrogen-bond donors (Lipinski definition) is 1. The lowest BCUT2D eigenvalue weighted by molar-refractivity contribution is 0.212. The highest BCUT2D eigenvalue weighted by molar-refractivity contribution is 5.67. The first-order valence-corrected chi connectivity index (χ1v) is 7.35. The highest BCUT2D eigenvalue weighted by Crippen LogP contribution is 2.29. The topological polar surface area (TPSA) is 56.3 Å². The van der Waals surface area contributed by atoms with Gasteiger partial charge in [0.05, 0.1) is 24.5 Å². The van der Waals surface area contributed by atoms with Gasteiger partial charge < -0.3 is 15.4 Å². The first-order chi connectivity index (χ1) is 10.2. The van der Waals surface area contributed by atoms with Crippen LogP contribution in [0.2, 0.25) is 0 Å². The number of aromatic nitrogens is 2. The fraction of sp³-hybridized carbons (Fsp3) is 0.438. The Labute approximate surface area is 125 Å². The zero-order valence-corrected chi connectivity index (χ0v) is 12.6. The average Bonchev–Trinajstić information content (AvgIpc) is 2.98. The summed E-state index contributed by atoms with van der Waals surface area (Å²) in [6.07, 6.45) is 4.39. The van der Waals surface area contributed by atoms with E-state index in [4.69, 9.17) is 15.6 Å². The van der Waals surface area contributed by atoms with Crippen LogP contribution >= 0.6 is 0 Å². The van der Waals surface area contributed by atoms with Gasteiger partial charge in [0.15, 0.2) is 0 Å². The molecule has 1 aromatic carbocycles. The van der Waals surface area contributed by atoms with Gasteiger partial charge in [-0.1, -0.05) is 6.07 Å². The number of piperidine rings is 1. The van der Waals surface area contributed by atoms with E-state index < -0.39 is 0 Å². The Morgan fingerprint density at radius 3 is 2.71 bits per heavy atom. The molecule has 1 saturated heterocycles. The summed E-state index contributed by atoms with van der Waals surface area (Å²) in [5.41, 5.74) is 8.51. The summed E-state index contributed by atoms with van der Waals surface area (Å²) in [4.78, 5) is 2.37. The van der Waals surface area contributed by atoms with E-state index in [0.717, 1.165) is 37.2 Å². The molecule has 0 amide bonds. The van der Waals surface area contributed by atoms with Crippen LogP contribution in [0.25, 0.3) is 11.3 Å². The van der Waals surface area contributed by atoms with Gasteiger partial charge in [0.1, 0.15) is 5.75 Å². The van der Waals surface area contributed by atoms with Crippen molar-refractivity contribution in [2.75, 3.05) is 33.0 Å². The minimum absolute atomic E-state index is 0.505. The molecule has 2 heterocycles. The summed E-state index contributed by atoms with van der Waals surface area (Å²) in [5.74, 6) is 0.696. The molecule has 5 heteroatoms. The van der Waals surface area contributed by atoms with Crippen molar-refractivity contribution in [1.82, 2.24) is 14.7 Å². The largest absolute Gasteiger partial charge is 0.495 e. The van der Waals surface area contributed by atoms with Crippen molar-refractivity contribution in [2.45, 2.75) is 18.9 Å². The van der Waals surface area contributed by atoms with E-state index in [-0.39, 0.29) is 0 Å². The van der Waals surface area contributed by atoms with Crippen LogP contribution in [0.4, 0.5) is 5.69 Å². The minimum Gasteiger partial charge on any atom is -0.495 e. The maximum absolute atomic E-state index is 5.86. The van der Waals surface area contributed by atoms with E-state index in [0.29, 0.717) is 17.5 Å². The zero-order chi connectivity index (χ0) is 14.8. The minimum atomic E-state index is 0.505. The van der Waals surface area contributed by atoms with Crippen molar-refractivity contribution in [3.8, 4) is 17.0 Å². The molecule has 3 rings (SSSR count). The summed E-state index contributed by atoms with van der Waals surface area (Å²) >= 11 is 0.